The molecule has 0 amide bonds. The molecule has 0 aliphatic heterocycles. The second-order valence-electron chi connectivity index (χ2n) is 11.4. The molecule has 0 heterocycles. The van der Waals surface area contributed by atoms with Gasteiger partial charge in [0.1, 0.15) is 0 Å². The lowest BCUT2D eigenvalue weighted by Crippen LogP contribution is -2.43. The van der Waals surface area contributed by atoms with Crippen LogP contribution in [0.4, 0.5) is 0 Å². The molecule has 38 heavy (non-hydrogen) atoms. The van der Waals surface area contributed by atoms with E-state index < -0.39 is 44.4 Å². The van der Waals surface area contributed by atoms with E-state index in [1.165, 1.54) is 108 Å². The number of aliphatic carboxylic acids is 2. The lowest BCUT2D eigenvalue weighted by atomic mass is 9.96. The SMILES string of the molecule is CCCCCC[Si](CCCCCC)(CCCCCC)CCCCCCOC(=O)CC(O)(CC(=O)O)C(=O)O. The van der Waals surface area contributed by atoms with Crippen LogP contribution in [0, 0.1) is 0 Å². The van der Waals surface area contributed by atoms with Crippen molar-refractivity contribution in [1.82, 2.24) is 0 Å². The predicted molar refractivity (Wildman–Crippen MR) is 156 cm³/mol. The van der Waals surface area contributed by atoms with Crippen LogP contribution < -0.4 is 0 Å². The molecule has 7 nitrogen and oxygen atoms in total. The van der Waals surface area contributed by atoms with E-state index in [4.69, 9.17) is 14.9 Å². The molecule has 0 aromatic rings. The standard InChI is InChI=1S/C30H58O7Si/c1-4-7-10-16-21-38(22-17-11-8-5-2,23-18-12-9-6-3)24-19-14-13-15-20-37-28(33)26-30(36,29(34)35)25-27(31)32/h36H,4-26H2,1-3H3,(H,31,32)(H,34,35). The summed E-state index contributed by atoms with van der Waals surface area (Å²) < 4.78 is 5.10. The van der Waals surface area contributed by atoms with Crippen molar-refractivity contribution in [2.75, 3.05) is 6.61 Å². The molecule has 8 heteroatoms. The normalized spacial score (nSPS) is 13.3. The number of aliphatic hydroxyl groups is 1. The van der Waals surface area contributed by atoms with Crippen LogP contribution in [0.2, 0.25) is 24.2 Å². The second kappa shape index (κ2) is 22.4. The number of hydrogen-bond donors (Lipinski definition) is 3. The van der Waals surface area contributed by atoms with E-state index in [-0.39, 0.29) is 6.61 Å². The van der Waals surface area contributed by atoms with Crippen LogP contribution in [-0.2, 0) is 19.1 Å². The zero-order chi connectivity index (χ0) is 28.7. The van der Waals surface area contributed by atoms with Gasteiger partial charge in [-0.3, -0.25) is 9.59 Å². The first-order valence-corrected chi connectivity index (χ1v) is 18.3. The topological polar surface area (TPSA) is 121 Å². The lowest BCUT2D eigenvalue weighted by molar-refractivity contribution is -0.172. The molecule has 3 N–H and O–H groups in total. The first kappa shape index (κ1) is 36.6. The minimum Gasteiger partial charge on any atom is -0.481 e. The summed E-state index contributed by atoms with van der Waals surface area (Å²) in [6.07, 6.45) is 18.2. The molecule has 1 unspecified atom stereocenters. The summed E-state index contributed by atoms with van der Waals surface area (Å²) in [5, 5.41) is 27.9. The summed E-state index contributed by atoms with van der Waals surface area (Å²) in [6, 6.07) is 5.83. The van der Waals surface area contributed by atoms with Crippen molar-refractivity contribution < 1.29 is 34.4 Å². The highest BCUT2D eigenvalue weighted by molar-refractivity contribution is 6.79. The third-order valence-corrected chi connectivity index (χ3v) is 13.5. The monoisotopic (exact) mass is 558 g/mol. The minimum absolute atomic E-state index is 0.162. The van der Waals surface area contributed by atoms with Crippen molar-refractivity contribution in [2.24, 2.45) is 0 Å². The van der Waals surface area contributed by atoms with Crippen molar-refractivity contribution in [2.45, 2.75) is 166 Å². The molecule has 0 aliphatic rings. The van der Waals surface area contributed by atoms with Crippen molar-refractivity contribution in [1.29, 1.82) is 0 Å². The third kappa shape index (κ3) is 18.0. The summed E-state index contributed by atoms with van der Waals surface area (Å²) >= 11 is 0. The number of hydrogen-bond acceptors (Lipinski definition) is 5. The van der Waals surface area contributed by atoms with Gasteiger partial charge in [0, 0.05) is 0 Å². The molecule has 0 spiro atoms. The molecule has 0 radical (unpaired) electrons. The molecule has 0 bridgehead atoms. The van der Waals surface area contributed by atoms with Gasteiger partial charge in [-0.1, -0.05) is 141 Å². The van der Waals surface area contributed by atoms with Crippen molar-refractivity contribution in [3.8, 4) is 0 Å². The number of carbonyl (C=O) groups excluding carboxylic acids is 1. The van der Waals surface area contributed by atoms with E-state index in [9.17, 15) is 19.5 Å². The van der Waals surface area contributed by atoms with Gasteiger partial charge >= 0.3 is 17.9 Å². The van der Waals surface area contributed by atoms with Gasteiger partial charge in [0.2, 0.25) is 0 Å². The van der Waals surface area contributed by atoms with E-state index in [2.05, 4.69) is 20.8 Å². The van der Waals surface area contributed by atoms with Gasteiger partial charge in [-0.2, -0.15) is 0 Å². The second-order valence-corrected chi connectivity index (χ2v) is 16.4. The number of carbonyl (C=O) groups is 3. The Morgan fingerprint density at radius 1 is 0.605 bits per heavy atom. The van der Waals surface area contributed by atoms with Gasteiger partial charge in [0.15, 0.2) is 5.60 Å². The molecule has 0 aromatic heterocycles. The number of carboxylic acid groups (broad SMARTS) is 2. The Bertz CT molecular complexity index is 609. The van der Waals surface area contributed by atoms with E-state index in [0.717, 1.165) is 12.8 Å². The number of ether oxygens (including phenoxy) is 1. The fraction of sp³-hybridized carbons (Fsp3) is 0.900. The van der Waals surface area contributed by atoms with Crippen LogP contribution in [0.25, 0.3) is 0 Å². The van der Waals surface area contributed by atoms with Crippen LogP contribution in [-0.4, -0.2) is 53.5 Å². The number of esters is 1. The smallest absolute Gasteiger partial charge is 0.336 e. The molecular formula is C30H58O7Si. The van der Waals surface area contributed by atoms with Crippen molar-refractivity contribution in [3.05, 3.63) is 0 Å². The Hall–Kier alpha value is -1.41. The highest BCUT2D eigenvalue weighted by Crippen LogP contribution is 2.35. The van der Waals surface area contributed by atoms with Crippen molar-refractivity contribution >= 4 is 26.0 Å². The zero-order valence-corrected chi connectivity index (χ0v) is 25.7. The summed E-state index contributed by atoms with van der Waals surface area (Å²) in [7, 11) is -1.30. The highest BCUT2D eigenvalue weighted by Gasteiger charge is 2.41. The van der Waals surface area contributed by atoms with Gasteiger partial charge in [-0.05, 0) is 6.42 Å². The summed E-state index contributed by atoms with van der Waals surface area (Å²) in [6.45, 7) is 6.99. The Morgan fingerprint density at radius 3 is 1.37 bits per heavy atom. The maximum atomic E-state index is 12.0. The number of unbranched alkanes of at least 4 members (excludes halogenated alkanes) is 12. The Morgan fingerprint density at radius 2 is 1.00 bits per heavy atom. The highest BCUT2D eigenvalue weighted by atomic mass is 28.3. The zero-order valence-electron chi connectivity index (χ0n) is 24.7. The van der Waals surface area contributed by atoms with E-state index in [0.29, 0.717) is 6.42 Å². The van der Waals surface area contributed by atoms with Gasteiger partial charge in [-0.15, -0.1) is 0 Å². The molecule has 1 atom stereocenters. The molecule has 0 saturated carbocycles. The predicted octanol–water partition coefficient (Wildman–Crippen LogP) is 7.96. The number of rotatable bonds is 27. The largest absolute Gasteiger partial charge is 0.481 e. The quantitative estimate of drug-likeness (QED) is 0.0531. The molecule has 0 saturated heterocycles. The van der Waals surface area contributed by atoms with Gasteiger partial charge in [0.25, 0.3) is 0 Å². The average Bonchev–Trinajstić information content (AvgIpc) is 2.86. The van der Waals surface area contributed by atoms with Crippen LogP contribution >= 0.6 is 0 Å². The molecule has 0 aliphatic carbocycles. The van der Waals surface area contributed by atoms with Crippen LogP contribution in [0.5, 0.6) is 0 Å². The van der Waals surface area contributed by atoms with Crippen LogP contribution in [0.1, 0.15) is 136 Å². The third-order valence-electron chi connectivity index (χ3n) is 7.83. The first-order chi connectivity index (χ1) is 18.1. The molecular weight excluding hydrogens is 500 g/mol. The molecule has 224 valence electrons. The Balaban J connectivity index is 4.70. The van der Waals surface area contributed by atoms with E-state index >= 15 is 0 Å². The lowest BCUT2D eigenvalue weighted by Gasteiger charge is -2.33. The fourth-order valence-corrected chi connectivity index (χ4v) is 10.9. The number of carboxylic acids is 2. The molecule has 0 fully saturated rings. The maximum Gasteiger partial charge on any atom is 0.336 e. The summed E-state index contributed by atoms with van der Waals surface area (Å²) in [5.41, 5.74) is -2.64. The minimum atomic E-state index is -2.64. The van der Waals surface area contributed by atoms with E-state index in [1.54, 1.807) is 0 Å². The van der Waals surface area contributed by atoms with Gasteiger partial charge in [-0.25, -0.2) is 4.79 Å². The molecule has 0 rings (SSSR count). The average molecular weight is 559 g/mol. The fourth-order valence-electron chi connectivity index (χ4n) is 5.43. The van der Waals surface area contributed by atoms with E-state index in [1.807, 2.05) is 0 Å². The van der Waals surface area contributed by atoms with Gasteiger partial charge in [0.05, 0.1) is 27.5 Å². The summed E-state index contributed by atoms with van der Waals surface area (Å²) in [5.74, 6) is -4.10. The van der Waals surface area contributed by atoms with Gasteiger partial charge < -0.3 is 20.1 Å². The maximum absolute atomic E-state index is 12.0. The Labute approximate surface area is 233 Å². The molecule has 0 aromatic carbocycles. The van der Waals surface area contributed by atoms with Crippen LogP contribution in [0.15, 0.2) is 0 Å². The summed E-state index contributed by atoms with van der Waals surface area (Å²) in [4.78, 5) is 34.0. The van der Waals surface area contributed by atoms with Crippen molar-refractivity contribution in [3.63, 3.8) is 0 Å². The van der Waals surface area contributed by atoms with Crippen LogP contribution in [0.3, 0.4) is 0 Å². The first-order valence-electron chi connectivity index (χ1n) is 15.5. The Kier molecular flexibility index (Phi) is 21.6.